The largest absolute Gasteiger partial charge is 0.325 e. The van der Waals surface area contributed by atoms with Crippen LogP contribution in [0.2, 0.25) is 5.02 Å². The van der Waals surface area contributed by atoms with Gasteiger partial charge in [-0.05, 0) is 30.3 Å². The average Bonchev–Trinajstić information content (AvgIpc) is 3.36. The van der Waals surface area contributed by atoms with Gasteiger partial charge < -0.3 is 14.6 Å². The van der Waals surface area contributed by atoms with Crippen LogP contribution in [-0.2, 0) is 6.54 Å². The van der Waals surface area contributed by atoms with E-state index < -0.39 is 0 Å². The predicted molar refractivity (Wildman–Crippen MR) is 104 cm³/mol. The minimum Gasteiger partial charge on any atom is -0.325 e. The van der Waals surface area contributed by atoms with Gasteiger partial charge in [0.2, 0.25) is 0 Å². The fourth-order valence-electron chi connectivity index (χ4n) is 3.31. The van der Waals surface area contributed by atoms with E-state index in [-0.39, 0.29) is 5.91 Å². The first-order chi connectivity index (χ1) is 13.2. The van der Waals surface area contributed by atoms with Crippen LogP contribution in [-0.4, -0.2) is 31.6 Å². The van der Waals surface area contributed by atoms with Gasteiger partial charge in [0, 0.05) is 41.9 Å². The van der Waals surface area contributed by atoms with Gasteiger partial charge in [-0.2, -0.15) is 5.10 Å². The summed E-state index contributed by atoms with van der Waals surface area (Å²) < 4.78 is 3.69. The highest BCUT2D eigenvalue weighted by Gasteiger charge is 2.23. The Kier molecular flexibility index (Phi) is 3.61. The van der Waals surface area contributed by atoms with E-state index in [9.17, 15) is 4.79 Å². The predicted octanol–water partition coefficient (Wildman–Crippen LogP) is 3.59. The molecule has 27 heavy (non-hydrogen) atoms. The number of nitrogens with one attached hydrogen (secondary N) is 1. The third-order valence-electron chi connectivity index (χ3n) is 4.58. The molecule has 0 saturated carbocycles. The summed E-state index contributed by atoms with van der Waals surface area (Å²) in [5.74, 6) is 1.24. The van der Waals surface area contributed by atoms with Crippen molar-refractivity contribution in [3.05, 3.63) is 71.6 Å². The van der Waals surface area contributed by atoms with E-state index in [1.54, 1.807) is 24.7 Å². The van der Waals surface area contributed by atoms with E-state index in [0.29, 0.717) is 16.4 Å². The fourth-order valence-corrected chi connectivity index (χ4v) is 3.49. The van der Waals surface area contributed by atoms with Gasteiger partial charge in [-0.15, -0.1) is 0 Å². The lowest BCUT2D eigenvalue weighted by atomic mass is 10.2. The second-order valence-electron chi connectivity index (χ2n) is 6.31. The number of pyridine rings is 1. The fraction of sp³-hybridized carbons (Fsp3) is 0.105. The van der Waals surface area contributed by atoms with E-state index in [0.717, 1.165) is 30.2 Å². The van der Waals surface area contributed by atoms with Crippen LogP contribution in [0, 0.1) is 0 Å². The minimum atomic E-state index is -0.211. The molecule has 0 atom stereocenters. The molecule has 1 N–H and O–H groups in total. The molecular formula is C19H15ClN6O. The van der Waals surface area contributed by atoms with Crippen LogP contribution in [0.1, 0.15) is 10.4 Å². The molecule has 3 aromatic heterocycles. The molecule has 0 unspecified atom stereocenters. The monoisotopic (exact) mass is 378 g/mol. The van der Waals surface area contributed by atoms with Gasteiger partial charge >= 0.3 is 0 Å². The van der Waals surface area contributed by atoms with Gasteiger partial charge in [-0.25, -0.2) is 9.67 Å². The second kappa shape index (κ2) is 6.14. The topological polar surface area (TPSA) is 67.5 Å². The molecule has 8 heteroatoms. The Morgan fingerprint density at radius 1 is 1.15 bits per heavy atom. The summed E-state index contributed by atoms with van der Waals surface area (Å²) in [6.45, 7) is 1.56. The molecule has 0 saturated heterocycles. The highest BCUT2D eigenvalue weighted by atomic mass is 35.5. The Bertz CT molecular complexity index is 1160. The van der Waals surface area contributed by atoms with Gasteiger partial charge in [0.25, 0.3) is 5.91 Å². The van der Waals surface area contributed by atoms with Crippen LogP contribution >= 0.6 is 11.6 Å². The number of halogens is 1. The molecule has 1 aromatic carbocycles. The van der Waals surface area contributed by atoms with Crippen LogP contribution in [0.15, 0.2) is 61.1 Å². The normalized spacial score (nSPS) is 13.1. The number of imidazole rings is 1. The summed E-state index contributed by atoms with van der Waals surface area (Å²) in [7, 11) is 0. The number of anilines is 3. The van der Waals surface area contributed by atoms with Crippen molar-refractivity contribution in [1.29, 1.82) is 0 Å². The van der Waals surface area contributed by atoms with E-state index in [2.05, 4.69) is 20.3 Å². The van der Waals surface area contributed by atoms with Crippen molar-refractivity contribution in [2.75, 3.05) is 16.8 Å². The summed E-state index contributed by atoms with van der Waals surface area (Å²) in [5, 5.41) is 8.06. The zero-order chi connectivity index (χ0) is 18.4. The van der Waals surface area contributed by atoms with E-state index in [1.807, 2.05) is 45.5 Å². The van der Waals surface area contributed by atoms with Crippen molar-refractivity contribution >= 4 is 40.5 Å². The summed E-state index contributed by atoms with van der Waals surface area (Å²) in [6.07, 6.45) is 5.25. The van der Waals surface area contributed by atoms with Crippen LogP contribution in [0.4, 0.5) is 17.3 Å². The number of benzene rings is 1. The molecular weight excluding hydrogens is 364 g/mol. The molecule has 0 fully saturated rings. The average molecular weight is 379 g/mol. The first-order valence-electron chi connectivity index (χ1n) is 8.52. The van der Waals surface area contributed by atoms with Crippen molar-refractivity contribution < 1.29 is 4.79 Å². The standard InChI is InChI=1S/C19H15ClN6O/c20-14-2-1-3-15(10-14)25-8-9-26-18(25)11-16(23-26)22-19(27)13-4-5-17-21-6-7-24(17)12-13/h1-7,10-12H,8-9H2,(H,22,23,27). The number of aromatic nitrogens is 4. The van der Waals surface area contributed by atoms with Crippen molar-refractivity contribution in [3.8, 4) is 0 Å². The zero-order valence-electron chi connectivity index (χ0n) is 14.2. The summed E-state index contributed by atoms with van der Waals surface area (Å²) >= 11 is 6.11. The van der Waals surface area contributed by atoms with Gasteiger partial charge in [0.1, 0.15) is 11.5 Å². The molecule has 5 rings (SSSR count). The van der Waals surface area contributed by atoms with Crippen molar-refractivity contribution in [2.45, 2.75) is 6.54 Å². The van der Waals surface area contributed by atoms with Crippen LogP contribution < -0.4 is 10.2 Å². The summed E-state index contributed by atoms with van der Waals surface area (Å²) in [5.41, 5.74) is 2.34. The Balaban J connectivity index is 1.39. The Morgan fingerprint density at radius 2 is 2.07 bits per heavy atom. The number of amides is 1. The smallest absolute Gasteiger partial charge is 0.258 e. The Morgan fingerprint density at radius 3 is 2.96 bits per heavy atom. The molecule has 1 amide bonds. The van der Waals surface area contributed by atoms with Crippen molar-refractivity contribution in [2.24, 2.45) is 0 Å². The number of hydrogen-bond acceptors (Lipinski definition) is 4. The number of carbonyl (C=O) groups excluding carboxylic acids is 1. The SMILES string of the molecule is O=C(Nc1cc2n(n1)CCN2c1cccc(Cl)c1)c1ccc2nccn2c1. The highest BCUT2D eigenvalue weighted by Crippen LogP contribution is 2.33. The molecule has 7 nitrogen and oxygen atoms in total. The number of rotatable bonds is 3. The lowest BCUT2D eigenvalue weighted by Crippen LogP contribution is -2.15. The van der Waals surface area contributed by atoms with Gasteiger partial charge in [-0.3, -0.25) is 4.79 Å². The molecule has 0 spiro atoms. The number of carbonyl (C=O) groups is 1. The third-order valence-corrected chi connectivity index (χ3v) is 4.82. The molecule has 1 aliphatic heterocycles. The molecule has 4 aromatic rings. The maximum atomic E-state index is 12.6. The van der Waals surface area contributed by atoms with E-state index in [1.165, 1.54) is 0 Å². The molecule has 4 heterocycles. The third kappa shape index (κ3) is 2.82. The van der Waals surface area contributed by atoms with Gasteiger partial charge in [0.15, 0.2) is 5.82 Å². The number of hydrogen-bond donors (Lipinski definition) is 1. The molecule has 0 bridgehead atoms. The second-order valence-corrected chi connectivity index (χ2v) is 6.74. The van der Waals surface area contributed by atoms with E-state index >= 15 is 0 Å². The number of nitrogens with zero attached hydrogens (tertiary/aromatic N) is 5. The lowest BCUT2D eigenvalue weighted by Gasteiger charge is -2.17. The lowest BCUT2D eigenvalue weighted by molar-refractivity contribution is 0.102. The first-order valence-corrected chi connectivity index (χ1v) is 8.90. The van der Waals surface area contributed by atoms with E-state index in [4.69, 9.17) is 11.6 Å². The zero-order valence-corrected chi connectivity index (χ0v) is 15.0. The van der Waals surface area contributed by atoms with Gasteiger partial charge in [0.05, 0.1) is 12.1 Å². The van der Waals surface area contributed by atoms with Crippen LogP contribution in [0.5, 0.6) is 0 Å². The molecule has 1 aliphatic rings. The van der Waals surface area contributed by atoms with Crippen molar-refractivity contribution in [3.63, 3.8) is 0 Å². The molecule has 0 radical (unpaired) electrons. The van der Waals surface area contributed by atoms with Crippen LogP contribution in [0.3, 0.4) is 0 Å². The Labute approximate surface area is 159 Å². The van der Waals surface area contributed by atoms with Gasteiger partial charge in [-0.1, -0.05) is 17.7 Å². The van der Waals surface area contributed by atoms with Crippen molar-refractivity contribution in [1.82, 2.24) is 19.2 Å². The maximum absolute atomic E-state index is 12.6. The first kappa shape index (κ1) is 15.9. The Hall–Kier alpha value is -3.32. The summed E-state index contributed by atoms with van der Waals surface area (Å²) in [6, 6.07) is 13.1. The number of fused-ring (bicyclic) bond motifs is 2. The molecule has 0 aliphatic carbocycles. The minimum absolute atomic E-state index is 0.211. The quantitative estimate of drug-likeness (QED) is 0.591. The highest BCUT2D eigenvalue weighted by molar-refractivity contribution is 6.30. The maximum Gasteiger partial charge on any atom is 0.258 e. The summed E-state index contributed by atoms with van der Waals surface area (Å²) in [4.78, 5) is 18.9. The molecule has 134 valence electrons. The van der Waals surface area contributed by atoms with Crippen LogP contribution in [0.25, 0.3) is 5.65 Å².